The monoisotopic (exact) mass is 619 g/mol. The number of esters is 1. The van der Waals surface area contributed by atoms with Gasteiger partial charge in [-0.05, 0) is 86.8 Å². The maximum atomic E-state index is 14.5. The smallest absolute Gasteiger partial charge is 0.409 e. The predicted octanol–water partition coefficient (Wildman–Crippen LogP) is 7.67. The zero-order chi connectivity index (χ0) is 31.5. The molecule has 4 rings (SSSR count). The fourth-order valence-electron chi connectivity index (χ4n) is 11.0. The molecule has 1 saturated heterocycles. The number of hydrogen-bond donors (Lipinski definition) is 0. The van der Waals surface area contributed by atoms with E-state index in [4.69, 9.17) is 13.9 Å². The van der Waals surface area contributed by atoms with Gasteiger partial charge in [-0.25, -0.2) is 4.79 Å². The number of likely N-dealkylation sites (tertiary alicyclic amines) is 1. The lowest BCUT2D eigenvalue weighted by molar-refractivity contribution is -0.250. The zero-order valence-electron chi connectivity index (χ0n) is 28.3. The summed E-state index contributed by atoms with van der Waals surface area (Å²) in [4.78, 5) is 43.8. The highest BCUT2D eigenvalue weighted by molar-refractivity contribution is 6.90. The minimum absolute atomic E-state index is 0.0523. The molecule has 3 aliphatic carbocycles. The quantitative estimate of drug-likeness (QED) is 0.205. The number of amides is 1. The van der Waals surface area contributed by atoms with Crippen LogP contribution in [0.1, 0.15) is 93.4 Å². The second kappa shape index (κ2) is 11.5. The van der Waals surface area contributed by atoms with Gasteiger partial charge in [0, 0.05) is 24.9 Å². The number of rotatable bonds is 8. The van der Waals surface area contributed by atoms with Crippen LogP contribution in [0.25, 0.3) is 0 Å². The average Bonchev–Trinajstić information content (AvgIpc) is 3.20. The molecule has 2 bridgehead atoms. The van der Waals surface area contributed by atoms with Gasteiger partial charge >= 0.3 is 12.1 Å². The summed E-state index contributed by atoms with van der Waals surface area (Å²) in [7, 11) is -3.05. The minimum Gasteiger partial charge on any atom is -0.465 e. The first-order valence-electron chi connectivity index (χ1n) is 16.5. The molecule has 1 aliphatic heterocycles. The van der Waals surface area contributed by atoms with E-state index in [2.05, 4.69) is 61.2 Å². The average molecular weight is 620 g/mol. The highest BCUT2D eigenvalue weighted by atomic mass is 28.4. The number of piperidine rings is 1. The predicted molar refractivity (Wildman–Crippen MR) is 172 cm³/mol. The molecule has 4 atom stereocenters. The van der Waals surface area contributed by atoms with Crippen LogP contribution in [0.3, 0.4) is 0 Å². The van der Waals surface area contributed by atoms with E-state index in [-0.39, 0.29) is 30.8 Å². The number of ketones is 1. The number of Topliss-reactive ketones (excluding diaryl/α,β-unsaturated/α-hetero) is 1. The van der Waals surface area contributed by atoms with Crippen LogP contribution >= 0.6 is 0 Å². The molecule has 4 aliphatic rings. The van der Waals surface area contributed by atoms with Gasteiger partial charge in [-0.15, -0.1) is 0 Å². The van der Waals surface area contributed by atoms with Gasteiger partial charge in [0.1, 0.15) is 5.41 Å². The molecule has 3 fully saturated rings. The molecule has 42 heavy (non-hydrogen) atoms. The van der Waals surface area contributed by atoms with E-state index >= 15 is 0 Å². The van der Waals surface area contributed by atoms with Crippen molar-refractivity contribution in [3.63, 3.8) is 0 Å². The van der Waals surface area contributed by atoms with Crippen molar-refractivity contribution >= 4 is 34.2 Å². The number of allylic oxidation sites excluding steroid dienone is 2. The number of ether oxygens (including phenoxy) is 2. The van der Waals surface area contributed by atoms with Crippen LogP contribution in [0, 0.1) is 16.7 Å². The summed E-state index contributed by atoms with van der Waals surface area (Å²) < 4.78 is 18.8. The minimum atomic E-state index is -2.26. The van der Waals surface area contributed by atoms with Crippen LogP contribution in [0.4, 0.5) is 4.79 Å². The Balaban J connectivity index is 2.13. The molecule has 1 heterocycles. The van der Waals surface area contributed by atoms with Gasteiger partial charge in [-0.2, -0.15) is 0 Å². The topological polar surface area (TPSA) is 82.1 Å². The van der Waals surface area contributed by atoms with E-state index in [1.54, 1.807) is 4.90 Å². The molecule has 2 saturated carbocycles. The van der Waals surface area contributed by atoms with Crippen molar-refractivity contribution in [1.82, 2.24) is 4.90 Å². The molecule has 0 aromatic heterocycles. The fraction of sp³-hybridized carbons (Fsp3) is 0.848. The van der Waals surface area contributed by atoms with Crippen molar-refractivity contribution in [3.8, 4) is 0 Å². The van der Waals surface area contributed by atoms with Crippen LogP contribution in [0.15, 0.2) is 10.8 Å². The van der Waals surface area contributed by atoms with E-state index < -0.39 is 38.9 Å². The summed E-state index contributed by atoms with van der Waals surface area (Å²) in [6, 6.07) is 0. The first-order valence-corrected chi connectivity index (χ1v) is 22.1. The third-order valence-electron chi connectivity index (χ3n) is 11.7. The lowest BCUT2D eigenvalue weighted by Crippen LogP contribution is -2.78. The Morgan fingerprint density at radius 1 is 0.952 bits per heavy atom. The number of fused-ring (bicyclic) bond motifs is 1. The number of nitrogens with zero attached hydrogens (tertiary/aromatic N) is 1. The summed E-state index contributed by atoms with van der Waals surface area (Å²) in [5.74, 6) is -0.0200. The normalized spacial score (nSPS) is 31.8. The number of carbonyl (C=O) groups is 3. The van der Waals surface area contributed by atoms with Crippen LogP contribution in [-0.4, -0.2) is 71.5 Å². The highest BCUT2D eigenvalue weighted by Gasteiger charge is 2.76. The maximum Gasteiger partial charge on any atom is 0.409 e. The van der Waals surface area contributed by atoms with Gasteiger partial charge in [-0.1, -0.05) is 53.2 Å². The second-order valence-corrected chi connectivity index (χ2v) is 25.8. The standard InChI is InChI=1S/C33H57NO6Si2/c1-12-39-29(36)32-18-13-17-31(20-34(21-32)30(37)38-8)25-14-15-26(35)28(25)27(16-19-33(31,32)40-41(9,10)11)42(22(2)3,23(4)5)24(6)7/h22-25H,12-21H2,1-11H3/t25-,31-,32+,33-/m1/s1. The Morgan fingerprint density at radius 3 is 2.10 bits per heavy atom. The molecule has 0 radical (unpaired) electrons. The maximum absolute atomic E-state index is 14.5. The molecular weight excluding hydrogens is 563 g/mol. The van der Waals surface area contributed by atoms with Crippen molar-refractivity contribution in [1.29, 1.82) is 0 Å². The highest BCUT2D eigenvalue weighted by Crippen LogP contribution is 2.70. The fourth-order valence-corrected chi connectivity index (χ4v) is 20.0. The summed E-state index contributed by atoms with van der Waals surface area (Å²) in [6.07, 6.45) is 4.61. The summed E-state index contributed by atoms with van der Waals surface area (Å²) >= 11 is 0. The molecule has 7 nitrogen and oxygen atoms in total. The van der Waals surface area contributed by atoms with Crippen LogP contribution in [0.5, 0.6) is 0 Å². The molecule has 0 aromatic carbocycles. The van der Waals surface area contributed by atoms with E-state index in [0.29, 0.717) is 42.4 Å². The SMILES string of the molecule is CCOC(=O)[C@]12CCC[C@@]3(CN(C(=O)OC)C1)[C@@H]1CCC(=O)C1=C([Si](C(C)C)(C(C)C)C(C)C)CC[C@]23O[Si](C)(C)C. The summed E-state index contributed by atoms with van der Waals surface area (Å²) in [6.45, 7) is 23.7. The lowest BCUT2D eigenvalue weighted by atomic mass is 9.44. The van der Waals surface area contributed by atoms with Gasteiger partial charge in [0.15, 0.2) is 14.1 Å². The first-order chi connectivity index (χ1) is 19.5. The number of carbonyl (C=O) groups excluding carboxylic acids is 3. The van der Waals surface area contributed by atoms with Crippen LogP contribution in [-0.2, 0) is 23.5 Å². The Bertz CT molecular complexity index is 1100. The summed E-state index contributed by atoms with van der Waals surface area (Å²) in [5.41, 5.74) is 0.0377. The van der Waals surface area contributed by atoms with E-state index in [1.165, 1.54) is 12.3 Å². The van der Waals surface area contributed by atoms with Gasteiger partial charge in [0.05, 0.1) is 27.4 Å². The molecule has 0 N–H and O–H groups in total. The molecule has 0 unspecified atom stereocenters. The van der Waals surface area contributed by atoms with Gasteiger partial charge in [-0.3, -0.25) is 9.59 Å². The Kier molecular flexibility index (Phi) is 9.14. The first kappa shape index (κ1) is 33.4. The van der Waals surface area contributed by atoms with Gasteiger partial charge in [0.25, 0.3) is 0 Å². The van der Waals surface area contributed by atoms with Crippen molar-refractivity contribution in [3.05, 3.63) is 10.8 Å². The number of hydrogen-bond acceptors (Lipinski definition) is 6. The molecule has 9 heteroatoms. The van der Waals surface area contributed by atoms with E-state index in [1.807, 2.05) is 6.92 Å². The molecule has 238 valence electrons. The van der Waals surface area contributed by atoms with Crippen LogP contribution < -0.4 is 0 Å². The lowest BCUT2D eigenvalue weighted by Gasteiger charge is -2.69. The van der Waals surface area contributed by atoms with Gasteiger partial charge in [0.2, 0.25) is 0 Å². The Labute approximate surface area is 256 Å². The zero-order valence-corrected chi connectivity index (χ0v) is 30.3. The Hall–Kier alpha value is -1.46. The van der Waals surface area contributed by atoms with Crippen molar-refractivity contribution in [2.75, 3.05) is 26.8 Å². The van der Waals surface area contributed by atoms with Crippen molar-refractivity contribution < 1.29 is 28.3 Å². The molecular formula is C33H57NO6Si2. The van der Waals surface area contributed by atoms with Gasteiger partial charge < -0.3 is 18.8 Å². The largest absolute Gasteiger partial charge is 0.465 e. The molecule has 0 aromatic rings. The third-order valence-corrected chi connectivity index (χ3v) is 20.0. The number of methoxy groups -OCH3 is 1. The molecule has 1 amide bonds. The summed E-state index contributed by atoms with van der Waals surface area (Å²) in [5, 5.41) is 1.44. The van der Waals surface area contributed by atoms with Crippen molar-refractivity contribution in [2.45, 2.75) is 135 Å². The van der Waals surface area contributed by atoms with E-state index in [9.17, 15) is 14.4 Å². The third kappa shape index (κ3) is 4.61. The van der Waals surface area contributed by atoms with Crippen LogP contribution in [0.2, 0.25) is 36.3 Å². The Morgan fingerprint density at radius 2 is 1.57 bits per heavy atom. The second-order valence-electron chi connectivity index (χ2n) is 15.5. The van der Waals surface area contributed by atoms with Crippen molar-refractivity contribution in [2.24, 2.45) is 16.7 Å². The molecule has 0 spiro atoms. The van der Waals surface area contributed by atoms with E-state index in [0.717, 1.165) is 31.3 Å².